The zero-order valence-corrected chi connectivity index (χ0v) is 8.44. The summed E-state index contributed by atoms with van der Waals surface area (Å²) in [4.78, 5) is 0. The summed E-state index contributed by atoms with van der Waals surface area (Å²) in [6, 6.07) is 12.5. The molecule has 3 rings (SSSR count). The Morgan fingerprint density at radius 3 is 2.80 bits per heavy atom. The Labute approximate surface area is 87.6 Å². The van der Waals surface area contributed by atoms with Crippen molar-refractivity contribution in [3.63, 3.8) is 0 Å². The van der Waals surface area contributed by atoms with Crippen LogP contribution in [-0.4, -0.2) is 10.2 Å². The Bertz CT molecular complexity index is 644. The Hall–Kier alpha value is -1.96. The monoisotopic (exact) mass is 194 g/mol. The van der Waals surface area contributed by atoms with Crippen molar-refractivity contribution in [2.45, 2.75) is 6.92 Å². The predicted molar refractivity (Wildman–Crippen MR) is 61.8 cm³/mol. The molecule has 0 spiro atoms. The first-order valence-corrected chi connectivity index (χ1v) is 4.96. The maximum Gasteiger partial charge on any atom is 0.0938 e. The van der Waals surface area contributed by atoms with E-state index >= 15 is 0 Å². The molecule has 0 fully saturated rings. The molecule has 72 valence electrons. The zero-order chi connectivity index (χ0) is 10.3. The SMILES string of the molecule is Cc1cnnc2ccc3ccccc3c12. The van der Waals surface area contributed by atoms with Gasteiger partial charge in [-0.15, -0.1) is 0 Å². The Balaban J connectivity index is 2.64. The molecular formula is C13H10N2. The summed E-state index contributed by atoms with van der Waals surface area (Å²) in [5.74, 6) is 0. The van der Waals surface area contributed by atoms with Gasteiger partial charge >= 0.3 is 0 Å². The van der Waals surface area contributed by atoms with Crippen molar-refractivity contribution in [1.29, 1.82) is 0 Å². The molecule has 0 atom stereocenters. The lowest BCUT2D eigenvalue weighted by Crippen LogP contribution is -1.87. The van der Waals surface area contributed by atoms with E-state index in [0.29, 0.717) is 0 Å². The van der Waals surface area contributed by atoms with Crippen molar-refractivity contribution in [3.8, 4) is 0 Å². The number of benzene rings is 2. The van der Waals surface area contributed by atoms with E-state index < -0.39 is 0 Å². The minimum atomic E-state index is 0.966. The van der Waals surface area contributed by atoms with Gasteiger partial charge in [-0.25, -0.2) is 0 Å². The summed E-state index contributed by atoms with van der Waals surface area (Å²) >= 11 is 0. The number of hydrogen-bond donors (Lipinski definition) is 0. The standard InChI is InChI=1S/C13H10N2/c1-9-8-14-15-12-7-6-10-4-2-3-5-11(10)13(9)12/h2-8H,1H3. The molecule has 0 aliphatic heterocycles. The molecule has 0 aliphatic rings. The second kappa shape index (κ2) is 3.02. The van der Waals surface area contributed by atoms with Crippen molar-refractivity contribution < 1.29 is 0 Å². The average Bonchev–Trinajstić information content (AvgIpc) is 2.29. The van der Waals surface area contributed by atoms with Gasteiger partial charge in [-0.1, -0.05) is 30.3 Å². The summed E-state index contributed by atoms with van der Waals surface area (Å²) in [5, 5.41) is 11.8. The summed E-state index contributed by atoms with van der Waals surface area (Å²) in [6.45, 7) is 2.07. The summed E-state index contributed by atoms with van der Waals surface area (Å²) in [5.41, 5.74) is 2.14. The van der Waals surface area contributed by atoms with Crippen LogP contribution in [0.15, 0.2) is 42.6 Å². The normalized spacial score (nSPS) is 11.0. The van der Waals surface area contributed by atoms with Gasteiger partial charge in [0.1, 0.15) is 0 Å². The van der Waals surface area contributed by atoms with E-state index in [2.05, 4.69) is 47.5 Å². The number of rotatable bonds is 0. The van der Waals surface area contributed by atoms with Crippen molar-refractivity contribution in [3.05, 3.63) is 48.2 Å². The molecule has 0 amide bonds. The molecule has 0 radical (unpaired) electrons. The third-order valence-electron chi connectivity index (χ3n) is 2.72. The summed E-state index contributed by atoms with van der Waals surface area (Å²) < 4.78 is 0. The lowest BCUT2D eigenvalue weighted by Gasteiger charge is -2.04. The van der Waals surface area contributed by atoms with Gasteiger partial charge in [0.25, 0.3) is 0 Å². The van der Waals surface area contributed by atoms with Gasteiger partial charge in [-0.3, -0.25) is 0 Å². The molecule has 2 heteroatoms. The molecule has 15 heavy (non-hydrogen) atoms. The van der Waals surface area contributed by atoms with Crippen molar-refractivity contribution in [1.82, 2.24) is 10.2 Å². The minimum absolute atomic E-state index is 0.966. The van der Waals surface area contributed by atoms with Crippen molar-refractivity contribution >= 4 is 21.7 Å². The Morgan fingerprint density at radius 2 is 1.87 bits per heavy atom. The zero-order valence-electron chi connectivity index (χ0n) is 8.44. The maximum atomic E-state index is 4.14. The Kier molecular flexibility index (Phi) is 1.68. The number of nitrogens with zero attached hydrogens (tertiary/aromatic N) is 2. The van der Waals surface area contributed by atoms with E-state index in [1.807, 2.05) is 12.3 Å². The first kappa shape index (κ1) is 8.36. The van der Waals surface area contributed by atoms with Gasteiger partial charge in [0, 0.05) is 5.39 Å². The van der Waals surface area contributed by atoms with Crippen LogP contribution in [0.2, 0.25) is 0 Å². The second-order valence-electron chi connectivity index (χ2n) is 3.71. The van der Waals surface area contributed by atoms with E-state index in [1.54, 1.807) is 0 Å². The van der Waals surface area contributed by atoms with E-state index in [1.165, 1.54) is 21.7 Å². The molecule has 0 saturated heterocycles. The number of aryl methyl sites for hydroxylation is 1. The molecule has 0 saturated carbocycles. The third-order valence-corrected chi connectivity index (χ3v) is 2.72. The number of fused-ring (bicyclic) bond motifs is 3. The number of hydrogen-bond acceptors (Lipinski definition) is 2. The van der Waals surface area contributed by atoms with Crippen LogP contribution in [0.4, 0.5) is 0 Å². The molecule has 0 bridgehead atoms. The largest absolute Gasteiger partial charge is 0.158 e. The van der Waals surface area contributed by atoms with Gasteiger partial charge in [0.2, 0.25) is 0 Å². The molecular weight excluding hydrogens is 184 g/mol. The fourth-order valence-corrected chi connectivity index (χ4v) is 2.00. The van der Waals surface area contributed by atoms with Crippen LogP contribution >= 0.6 is 0 Å². The first-order valence-electron chi connectivity index (χ1n) is 4.96. The number of aromatic nitrogens is 2. The molecule has 2 nitrogen and oxygen atoms in total. The highest BCUT2D eigenvalue weighted by Gasteiger charge is 2.03. The van der Waals surface area contributed by atoms with E-state index in [0.717, 1.165) is 5.52 Å². The minimum Gasteiger partial charge on any atom is -0.158 e. The van der Waals surface area contributed by atoms with Crippen LogP contribution in [0.3, 0.4) is 0 Å². The van der Waals surface area contributed by atoms with E-state index in [4.69, 9.17) is 0 Å². The third kappa shape index (κ3) is 1.18. The van der Waals surface area contributed by atoms with Gasteiger partial charge in [0.05, 0.1) is 11.7 Å². The fraction of sp³-hybridized carbons (Fsp3) is 0.0769. The highest BCUT2D eigenvalue weighted by atomic mass is 15.1. The van der Waals surface area contributed by atoms with Crippen LogP contribution in [-0.2, 0) is 0 Å². The molecule has 0 unspecified atom stereocenters. The quantitative estimate of drug-likeness (QED) is 0.514. The van der Waals surface area contributed by atoms with Gasteiger partial charge in [0.15, 0.2) is 0 Å². The smallest absolute Gasteiger partial charge is 0.0938 e. The highest BCUT2D eigenvalue weighted by Crippen LogP contribution is 2.25. The van der Waals surface area contributed by atoms with Crippen molar-refractivity contribution in [2.24, 2.45) is 0 Å². The molecule has 0 aliphatic carbocycles. The first-order chi connectivity index (χ1) is 7.36. The topological polar surface area (TPSA) is 25.8 Å². The van der Waals surface area contributed by atoms with E-state index in [9.17, 15) is 0 Å². The Morgan fingerprint density at radius 1 is 1.00 bits per heavy atom. The average molecular weight is 194 g/mol. The maximum absolute atomic E-state index is 4.14. The van der Waals surface area contributed by atoms with Gasteiger partial charge in [-0.2, -0.15) is 10.2 Å². The lowest BCUT2D eigenvalue weighted by molar-refractivity contribution is 1.06. The van der Waals surface area contributed by atoms with E-state index in [-0.39, 0.29) is 0 Å². The lowest BCUT2D eigenvalue weighted by atomic mass is 10.0. The summed E-state index contributed by atoms with van der Waals surface area (Å²) in [7, 11) is 0. The highest BCUT2D eigenvalue weighted by molar-refractivity contribution is 6.07. The molecule has 3 aromatic rings. The molecule has 1 aromatic heterocycles. The van der Waals surface area contributed by atoms with Gasteiger partial charge in [-0.05, 0) is 29.3 Å². The second-order valence-corrected chi connectivity index (χ2v) is 3.71. The van der Waals surface area contributed by atoms with Crippen molar-refractivity contribution in [2.75, 3.05) is 0 Å². The van der Waals surface area contributed by atoms with Crippen LogP contribution < -0.4 is 0 Å². The van der Waals surface area contributed by atoms with Crippen LogP contribution in [0.25, 0.3) is 21.7 Å². The molecule has 1 heterocycles. The van der Waals surface area contributed by atoms with Crippen LogP contribution in [0.1, 0.15) is 5.56 Å². The fourth-order valence-electron chi connectivity index (χ4n) is 2.00. The molecule has 0 N–H and O–H groups in total. The summed E-state index contributed by atoms with van der Waals surface area (Å²) in [6.07, 6.45) is 1.81. The van der Waals surface area contributed by atoms with Crippen LogP contribution in [0.5, 0.6) is 0 Å². The molecule has 2 aromatic carbocycles. The predicted octanol–water partition coefficient (Wildman–Crippen LogP) is 3.09. The van der Waals surface area contributed by atoms with Crippen LogP contribution in [0, 0.1) is 6.92 Å². The van der Waals surface area contributed by atoms with Gasteiger partial charge < -0.3 is 0 Å².